The molecule has 2 N–H and O–H groups in total. The van der Waals surface area contributed by atoms with Crippen LogP contribution >= 0.6 is 0 Å². The number of hydrogen-bond donors (Lipinski definition) is 2. The molecule has 0 aliphatic heterocycles. The van der Waals surface area contributed by atoms with Crippen molar-refractivity contribution in [2.45, 2.75) is 0 Å². The molecule has 0 radical (unpaired) electrons. The van der Waals surface area contributed by atoms with Crippen LogP contribution in [0.5, 0.6) is 0 Å². The van der Waals surface area contributed by atoms with Gasteiger partial charge in [-0.3, -0.25) is 10.2 Å². The third-order valence-electron chi connectivity index (χ3n) is 5.81. The van der Waals surface area contributed by atoms with Crippen molar-refractivity contribution in [3.05, 3.63) is 114 Å². The van der Waals surface area contributed by atoms with Gasteiger partial charge >= 0.3 is 0 Å². The topological polar surface area (TPSA) is 70.2 Å². The van der Waals surface area contributed by atoms with Gasteiger partial charge < -0.3 is 0 Å². The SMILES string of the molecule is C(=C\c1[nH]nc2nc3[nH]nc(/C=C/c4ccccc4)c3c(-c3ccccc3)c12)/c1ccccc1. The van der Waals surface area contributed by atoms with Crippen molar-refractivity contribution in [1.29, 1.82) is 0 Å². The first kappa shape index (κ1) is 19.9. The van der Waals surface area contributed by atoms with Gasteiger partial charge in [0.25, 0.3) is 0 Å². The Labute approximate surface area is 196 Å². The van der Waals surface area contributed by atoms with E-state index in [0.29, 0.717) is 11.3 Å². The van der Waals surface area contributed by atoms with Gasteiger partial charge in [0, 0.05) is 5.56 Å². The van der Waals surface area contributed by atoms with Crippen LogP contribution in [0.1, 0.15) is 22.5 Å². The summed E-state index contributed by atoms with van der Waals surface area (Å²) in [7, 11) is 0. The maximum Gasteiger partial charge on any atom is 0.184 e. The lowest BCUT2D eigenvalue weighted by Crippen LogP contribution is -1.88. The van der Waals surface area contributed by atoms with Gasteiger partial charge in [0.15, 0.2) is 11.3 Å². The minimum atomic E-state index is 0.654. The number of aromatic amines is 2. The molecule has 3 aromatic heterocycles. The number of benzene rings is 3. The van der Waals surface area contributed by atoms with Gasteiger partial charge in [0.1, 0.15) is 0 Å². The molecule has 5 heteroatoms. The lowest BCUT2D eigenvalue weighted by atomic mass is 9.97. The first-order valence-corrected chi connectivity index (χ1v) is 11.1. The highest BCUT2D eigenvalue weighted by molar-refractivity contribution is 6.13. The Kier molecular flexibility index (Phi) is 5.05. The van der Waals surface area contributed by atoms with Crippen molar-refractivity contribution in [3.8, 4) is 11.1 Å². The number of pyridine rings is 1. The van der Waals surface area contributed by atoms with Crippen LogP contribution in [-0.2, 0) is 0 Å². The molecule has 0 atom stereocenters. The Balaban J connectivity index is 1.58. The van der Waals surface area contributed by atoms with Crippen LogP contribution in [0.15, 0.2) is 91.0 Å². The molecule has 0 fully saturated rings. The Morgan fingerprint density at radius 2 is 1.18 bits per heavy atom. The monoisotopic (exact) mass is 439 g/mol. The predicted molar refractivity (Wildman–Crippen MR) is 140 cm³/mol. The van der Waals surface area contributed by atoms with Crippen LogP contribution in [0.3, 0.4) is 0 Å². The van der Waals surface area contributed by atoms with Gasteiger partial charge in [-0.2, -0.15) is 10.2 Å². The van der Waals surface area contributed by atoms with Gasteiger partial charge in [-0.15, -0.1) is 0 Å². The van der Waals surface area contributed by atoms with Crippen LogP contribution in [0.25, 0.3) is 57.5 Å². The van der Waals surface area contributed by atoms with Gasteiger partial charge in [0.2, 0.25) is 0 Å². The summed E-state index contributed by atoms with van der Waals surface area (Å²) in [5.41, 5.74) is 7.50. The molecular weight excluding hydrogens is 418 g/mol. The molecule has 0 bridgehead atoms. The number of nitrogens with one attached hydrogen (secondary N) is 2. The Hall–Kier alpha value is -4.77. The van der Waals surface area contributed by atoms with Crippen molar-refractivity contribution < 1.29 is 0 Å². The van der Waals surface area contributed by atoms with E-state index in [1.807, 2.05) is 60.7 Å². The fraction of sp³-hybridized carbons (Fsp3) is 0. The molecule has 6 aromatic rings. The molecule has 0 aliphatic rings. The molecule has 3 heterocycles. The second-order valence-corrected chi connectivity index (χ2v) is 8.01. The highest BCUT2D eigenvalue weighted by Crippen LogP contribution is 2.37. The van der Waals surface area contributed by atoms with Gasteiger partial charge in [0.05, 0.1) is 22.2 Å². The molecule has 0 saturated heterocycles. The molecular formula is C29H21N5. The third kappa shape index (κ3) is 3.69. The third-order valence-corrected chi connectivity index (χ3v) is 5.81. The summed E-state index contributed by atoms with van der Waals surface area (Å²) < 4.78 is 0. The van der Waals surface area contributed by atoms with E-state index < -0.39 is 0 Å². The summed E-state index contributed by atoms with van der Waals surface area (Å²) in [6.45, 7) is 0. The van der Waals surface area contributed by atoms with E-state index >= 15 is 0 Å². The molecule has 0 spiro atoms. The van der Waals surface area contributed by atoms with Crippen LogP contribution in [0.4, 0.5) is 0 Å². The lowest BCUT2D eigenvalue weighted by Gasteiger charge is -2.07. The maximum absolute atomic E-state index is 4.79. The minimum Gasteiger partial charge on any atom is -0.276 e. The largest absolute Gasteiger partial charge is 0.276 e. The normalized spacial score (nSPS) is 11.9. The van der Waals surface area contributed by atoms with Crippen molar-refractivity contribution in [3.63, 3.8) is 0 Å². The molecule has 0 aliphatic carbocycles. The zero-order chi connectivity index (χ0) is 22.7. The standard InChI is InChI=1S/C29H21N5/c1-4-10-20(11-5-1)16-18-23-26-25(22-14-8-3-9-15-22)27-24(19-17-21-12-6-2-7-13-21)32-34-29(27)30-28(26)33-31-23/h1-19H,(H2,30,31,32,33,34)/b18-16+,19-17+. The summed E-state index contributed by atoms with van der Waals surface area (Å²) in [6, 6.07) is 30.8. The second kappa shape index (κ2) is 8.64. The van der Waals surface area contributed by atoms with Crippen molar-refractivity contribution in [2.75, 3.05) is 0 Å². The van der Waals surface area contributed by atoms with E-state index in [4.69, 9.17) is 4.98 Å². The van der Waals surface area contributed by atoms with Gasteiger partial charge in [-0.25, -0.2) is 4.98 Å². The van der Waals surface area contributed by atoms with Crippen molar-refractivity contribution in [2.24, 2.45) is 0 Å². The van der Waals surface area contributed by atoms with Crippen molar-refractivity contribution >= 4 is 46.4 Å². The molecule has 0 amide bonds. The number of fused-ring (bicyclic) bond motifs is 2. The average Bonchev–Trinajstić information content (AvgIpc) is 3.50. The van der Waals surface area contributed by atoms with E-state index in [2.05, 4.69) is 75.0 Å². The van der Waals surface area contributed by atoms with E-state index in [-0.39, 0.29) is 0 Å². The first-order valence-electron chi connectivity index (χ1n) is 11.1. The molecule has 0 saturated carbocycles. The quantitative estimate of drug-likeness (QED) is 0.309. The fourth-order valence-electron chi connectivity index (χ4n) is 4.20. The summed E-state index contributed by atoms with van der Waals surface area (Å²) in [5, 5.41) is 17.4. The summed E-state index contributed by atoms with van der Waals surface area (Å²) in [6.07, 6.45) is 8.25. The first-order chi connectivity index (χ1) is 16.9. The summed E-state index contributed by atoms with van der Waals surface area (Å²) in [5.74, 6) is 0. The zero-order valence-electron chi connectivity index (χ0n) is 18.3. The Morgan fingerprint density at radius 1 is 0.559 bits per heavy atom. The number of H-pyrrole nitrogens is 2. The molecule has 162 valence electrons. The lowest BCUT2D eigenvalue weighted by molar-refractivity contribution is 1.07. The smallest absolute Gasteiger partial charge is 0.184 e. The minimum absolute atomic E-state index is 0.654. The molecule has 3 aromatic carbocycles. The highest BCUT2D eigenvalue weighted by Gasteiger charge is 2.19. The average molecular weight is 440 g/mol. The van der Waals surface area contributed by atoms with E-state index in [0.717, 1.165) is 44.4 Å². The Bertz CT molecular complexity index is 1520. The van der Waals surface area contributed by atoms with Crippen LogP contribution < -0.4 is 0 Å². The fourth-order valence-corrected chi connectivity index (χ4v) is 4.20. The Morgan fingerprint density at radius 3 is 1.85 bits per heavy atom. The number of nitrogens with zero attached hydrogens (tertiary/aromatic N) is 3. The molecule has 34 heavy (non-hydrogen) atoms. The van der Waals surface area contributed by atoms with Crippen LogP contribution in [0.2, 0.25) is 0 Å². The molecule has 6 rings (SSSR count). The van der Waals surface area contributed by atoms with E-state index in [9.17, 15) is 0 Å². The molecule has 5 nitrogen and oxygen atoms in total. The second-order valence-electron chi connectivity index (χ2n) is 8.01. The predicted octanol–water partition coefficient (Wildman–Crippen LogP) is 6.84. The van der Waals surface area contributed by atoms with Gasteiger partial charge in [-0.05, 0) is 28.8 Å². The summed E-state index contributed by atoms with van der Waals surface area (Å²) in [4.78, 5) is 4.79. The zero-order valence-corrected chi connectivity index (χ0v) is 18.3. The number of hydrogen-bond acceptors (Lipinski definition) is 3. The van der Waals surface area contributed by atoms with Crippen molar-refractivity contribution in [1.82, 2.24) is 25.4 Å². The van der Waals surface area contributed by atoms with E-state index in [1.165, 1.54) is 0 Å². The van der Waals surface area contributed by atoms with Crippen LogP contribution in [-0.4, -0.2) is 25.4 Å². The maximum atomic E-state index is 4.79. The van der Waals surface area contributed by atoms with E-state index in [1.54, 1.807) is 0 Å². The number of aromatic nitrogens is 5. The number of rotatable bonds is 5. The summed E-state index contributed by atoms with van der Waals surface area (Å²) >= 11 is 0. The molecule has 0 unspecified atom stereocenters. The van der Waals surface area contributed by atoms with Crippen LogP contribution in [0, 0.1) is 0 Å². The van der Waals surface area contributed by atoms with Gasteiger partial charge in [-0.1, -0.05) is 103 Å². The highest BCUT2D eigenvalue weighted by atomic mass is 15.2.